The number of fused-ring (bicyclic) bond motifs is 1. The first-order valence-corrected chi connectivity index (χ1v) is 6.02. The van der Waals surface area contributed by atoms with Crippen molar-refractivity contribution < 1.29 is 4.52 Å². The Labute approximate surface area is 105 Å². The fourth-order valence-corrected chi connectivity index (χ4v) is 2.15. The second-order valence-electron chi connectivity index (χ2n) is 4.24. The number of rotatable bonds is 3. The molecule has 0 bridgehead atoms. The maximum Gasteiger partial charge on any atom is 0.138 e. The summed E-state index contributed by atoms with van der Waals surface area (Å²) in [7, 11) is 0. The van der Waals surface area contributed by atoms with Crippen molar-refractivity contribution in [2.75, 3.05) is 6.54 Å². The molecule has 90 valence electrons. The molecule has 0 aliphatic heterocycles. The Hall–Kier alpha value is -2.13. The molecule has 3 nitrogen and oxygen atoms in total. The van der Waals surface area contributed by atoms with Crippen LogP contribution >= 0.6 is 0 Å². The first kappa shape index (κ1) is 11.0. The van der Waals surface area contributed by atoms with E-state index in [1.807, 2.05) is 24.3 Å². The number of hydrogen-bond donors (Lipinski definition) is 1. The lowest BCUT2D eigenvalue weighted by Crippen LogP contribution is -2.01. The zero-order valence-electron chi connectivity index (χ0n) is 9.97. The molecular weight excluding hydrogens is 224 g/mol. The third-order valence-corrected chi connectivity index (χ3v) is 3.02. The molecule has 0 spiro atoms. The molecule has 0 saturated carbocycles. The van der Waals surface area contributed by atoms with Crippen LogP contribution in [0.3, 0.4) is 0 Å². The van der Waals surface area contributed by atoms with Gasteiger partial charge in [0, 0.05) is 18.1 Å². The van der Waals surface area contributed by atoms with Crippen molar-refractivity contribution in [3.05, 3.63) is 54.3 Å². The lowest BCUT2D eigenvalue weighted by molar-refractivity contribution is 0.386. The van der Waals surface area contributed by atoms with Gasteiger partial charge in [0.05, 0.1) is 0 Å². The van der Waals surface area contributed by atoms with Crippen LogP contribution in [0.1, 0.15) is 5.76 Å². The van der Waals surface area contributed by atoms with Crippen LogP contribution in [-0.4, -0.2) is 11.7 Å². The van der Waals surface area contributed by atoms with E-state index in [1.165, 1.54) is 10.8 Å². The van der Waals surface area contributed by atoms with Crippen molar-refractivity contribution in [3.8, 4) is 11.3 Å². The van der Waals surface area contributed by atoms with Gasteiger partial charge in [-0.3, -0.25) is 0 Å². The van der Waals surface area contributed by atoms with Crippen molar-refractivity contribution in [2.24, 2.45) is 5.73 Å². The highest BCUT2D eigenvalue weighted by molar-refractivity contribution is 5.95. The summed E-state index contributed by atoms with van der Waals surface area (Å²) in [6.45, 7) is 0.574. The Morgan fingerprint density at radius 2 is 1.89 bits per heavy atom. The summed E-state index contributed by atoms with van der Waals surface area (Å²) in [5.41, 5.74) is 7.48. The summed E-state index contributed by atoms with van der Waals surface area (Å²) in [5.74, 6) is 0.834. The predicted octanol–water partition coefficient (Wildman–Crippen LogP) is 3.00. The van der Waals surface area contributed by atoms with Crippen molar-refractivity contribution in [2.45, 2.75) is 6.42 Å². The SMILES string of the molecule is NCCc1cc(-c2cccc3ccccc23)no1. The molecule has 1 aromatic heterocycles. The average molecular weight is 238 g/mol. The molecule has 0 atom stereocenters. The van der Waals surface area contributed by atoms with Crippen LogP contribution in [0.2, 0.25) is 0 Å². The number of nitrogens with two attached hydrogens (primary N) is 1. The van der Waals surface area contributed by atoms with Gasteiger partial charge in [0.15, 0.2) is 0 Å². The lowest BCUT2D eigenvalue weighted by atomic mass is 10.0. The molecule has 0 amide bonds. The summed E-state index contributed by atoms with van der Waals surface area (Å²) in [6, 6.07) is 16.4. The summed E-state index contributed by atoms with van der Waals surface area (Å²) in [6.07, 6.45) is 0.720. The minimum absolute atomic E-state index is 0.574. The van der Waals surface area contributed by atoms with E-state index in [1.54, 1.807) is 0 Å². The van der Waals surface area contributed by atoms with Gasteiger partial charge in [0.25, 0.3) is 0 Å². The van der Waals surface area contributed by atoms with E-state index >= 15 is 0 Å². The Bertz CT molecular complexity index is 668. The predicted molar refractivity (Wildman–Crippen MR) is 72.2 cm³/mol. The molecule has 3 rings (SSSR count). The van der Waals surface area contributed by atoms with Crippen molar-refractivity contribution in [3.63, 3.8) is 0 Å². The van der Waals surface area contributed by atoms with Crippen LogP contribution in [0, 0.1) is 0 Å². The molecule has 0 radical (unpaired) electrons. The summed E-state index contributed by atoms with van der Waals surface area (Å²) >= 11 is 0. The number of aromatic nitrogens is 1. The van der Waals surface area contributed by atoms with Crippen LogP contribution in [-0.2, 0) is 6.42 Å². The van der Waals surface area contributed by atoms with Gasteiger partial charge in [-0.2, -0.15) is 0 Å². The molecule has 0 fully saturated rings. The molecule has 0 saturated heterocycles. The molecule has 0 aliphatic rings. The summed E-state index contributed by atoms with van der Waals surface area (Å²) < 4.78 is 5.28. The van der Waals surface area contributed by atoms with Crippen LogP contribution in [0.25, 0.3) is 22.0 Å². The largest absolute Gasteiger partial charge is 0.361 e. The Balaban J connectivity index is 2.12. The quantitative estimate of drug-likeness (QED) is 0.763. The molecule has 2 N–H and O–H groups in total. The number of nitrogens with zero attached hydrogens (tertiary/aromatic N) is 1. The zero-order valence-corrected chi connectivity index (χ0v) is 9.97. The smallest absolute Gasteiger partial charge is 0.138 e. The van der Waals surface area contributed by atoms with E-state index in [-0.39, 0.29) is 0 Å². The van der Waals surface area contributed by atoms with Gasteiger partial charge in [0.2, 0.25) is 0 Å². The van der Waals surface area contributed by atoms with E-state index in [0.717, 1.165) is 23.4 Å². The highest BCUT2D eigenvalue weighted by atomic mass is 16.5. The van der Waals surface area contributed by atoms with E-state index in [2.05, 4.69) is 29.4 Å². The van der Waals surface area contributed by atoms with Gasteiger partial charge < -0.3 is 10.3 Å². The standard InChI is InChI=1S/C15H14N2O/c16-9-8-12-10-15(17-18-12)14-7-3-5-11-4-1-2-6-13(11)14/h1-7,10H,8-9,16H2. The van der Waals surface area contributed by atoms with Gasteiger partial charge in [-0.15, -0.1) is 0 Å². The molecule has 0 aliphatic carbocycles. The minimum atomic E-state index is 0.574. The van der Waals surface area contributed by atoms with Crippen molar-refractivity contribution >= 4 is 10.8 Å². The highest BCUT2D eigenvalue weighted by Gasteiger charge is 2.08. The van der Waals surface area contributed by atoms with Crippen LogP contribution in [0.5, 0.6) is 0 Å². The fraction of sp³-hybridized carbons (Fsp3) is 0.133. The number of benzene rings is 2. The van der Waals surface area contributed by atoms with E-state index < -0.39 is 0 Å². The van der Waals surface area contributed by atoms with E-state index in [9.17, 15) is 0 Å². The van der Waals surface area contributed by atoms with Gasteiger partial charge in [-0.05, 0) is 17.3 Å². The fourth-order valence-electron chi connectivity index (χ4n) is 2.15. The highest BCUT2D eigenvalue weighted by Crippen LogP contribution is 2.28. The first-order valence-electron chi connectivity index (χ1n) is 6.02. The Morgan fingerprint density at radius 3 is 2.78 bits per heavy atom. The van der Waals surface area contributed by atoms with Gasteiger partial charge in [-0.25, -0.2) is 0 Å². The summed E-state index contributed by atoms with van der Waals surface area (Å²) in [4.78, 5) is 0. The van der Waals surface area contributed by atoms with E-state index in [4.69, 9.17) is 10.3 Å². The van der Waals surface area contributed by atoms with Gasteiger partial charge in [-0.1, -0.05) is 47.6 Å². The van der Waals surface area contributed by atoms with Gasteiger partial charge >= 0.3 is 0 Å². The molecule has 3 heteroatoms. The second-order valence-corrected chi connectivity index (χ2v) is 4.24. The van der Waals surface area contributed by atoms with Gasteiger partial charge in [0.1, 0.15) is 11.5 Å². The third-order valence-electron chi connectivity index (χ3n) is 3.02. The summed E-state index contributed by atoms with van der Waals surface area (Å²) in [5, 5.41) is 6.52. The normalized spacial score (nSPS) is 10.9. The molecular formula is C15H14N2O. The average Bonchev–Trinajstić information content (AvgIpc) is 2.87. The molecule has 18 heavy (non-hydrogen) atoms. The Morgan fingerprint density at radius 1 is 1.06 bits per heavy atom. The molecule has 2 aromatic carbocycles. The minimum Gasteiger partial charge on any atom is -0.361 e. The maximum atomic E-state index is 5.51. The number of hydrogen-bond acceptors (Lipinski definition) is 3. The monoisotopic (exact) mass is 238 g/mol. The van der Waals surface area contributed by atoms with Crippen LogP contribution in [0.4, 0.5) is 0 Å². The van der Waals surface area contributed by atoms with Crippen LogP contribution < -0.4 is 5.73 Å². The molecule has 0 unspecified atom stereocenters. The zero-order chi connectivity index (χ0) is 12.4. The Kier molecular flexibility index (Phi) is 2.82. The molecule has 1 heterocycles. The maximum absolute atomic E-state index is 5.51. The second kappa shape index (κ2) is 4.63. The van der Waals surface area contributed by atoms with Crippen molar-refractivity contribution in [1.29, 1.82) is 0 Å². The lowest BCUT2D eigenvalue weighted by Gasteiger charge is -2.02. The van der Waals surface area contributed by atoms with E-state index in [0.29, 0.717) is 6.54 Å². The topological polar surface area (TPSA) is 52.0 Å². The first-order chi connectivity index (χ1) is 8.88. The molecule has 3 aromatic rings. The van der Waals surface area contributed by atoms with Crippen molar-refractivity contribution in [1.82, 2.24) is 5.16 Å². The third kappa shape index (κ3) is 1.89. The van der Waals surface area contributed by atoms with Crippen LogP contribution in [0.15, 0.2) is 53.1 Å².